The Kier molecular flexibility index (Phi) is 5.90. The van der Waals surface area contributed by atoms with Crippen LogP contribution in [0.1, 0.15) is 53.9 Å². The van der Waals surface area contributed by atoms with Crippen LogP contribution < -0.4 is 0 Å². The van der Waals surface area contributed by atoms with Crippen LogP contribution in [0.15, 0.2) is 12.2 Å². The van der Waals surface area contributed by atoms with Crippen LogP contribution in [0, 0.1) is 35.5 Å². The fourth-order valence-electron chi connectivity index (χ4n) is 4.66. The molecule has 0 aromatic heterocycles. The lowest BCUT2D eigenvalue weighted by atomic mass is 9.63. The number of carbonyl (C=O) groups is 2. The van der Waals surface area contributed by atoms with Crippen molar-refractivity contribution in [3.8, 4) is 0 Å². The summed E-state index contributed by atoms with van der Waals surface area (Å²) in [7, 11) is 0. The molecule has 4 nitrogen and oxygen atoms in total. The SMILES string of the molecule is C=C1[C@H](OC(=O)CC(C)C)C[C@@H](C(C)C)[C@@H]2[C@@H]([C@@H](C)O)C(=O)C[C@@H]12. The first kappa shape index (κ1) is 19.2. The maximum atomic E-state index is 12.5. The summed E-state index contributed by atoms with van der Waals surface area (Å²) in [6.07, 6.45) is 0.588. The molecule has 6 atom stereocenters. The smallest absolute Gasteiger partial charge is 0.306 e. The van der Waals surface area contributed by atoms with Crippen molar-refractivity contribution in [1.29, 1.82) is 0 Å². The van der Waals surface area contributed by atoms with Crippen molar-refractivity contribution in [2.75, 3.05) is 0 Å². The van der Waals surface area contributed by atoms with E-state index in [1.807, 2.05) is 13.8 Å². The molecule has 0 spiro atoms. The zero-order chi connectivity index (χ0) is 18.2. The molecule has 136 valence electrons. The number of esters is 1. The first-order valence-corrected chi connectivity index (χ1v) is 9.22. The van der Waals surface area contributed by atoms with E-state index in [1.54, 1.807) is 6.92 Å². The lowest BCUT2D eigenvalue weighted by Gasteiger charge is -2.44. The van der Waals surface area contributed by atoms with Gasteiger partial charge in [0.2, 0.25) is 0 Å². The largest absolute Gasteiger partial charge is 0.458 e. The number of ether oxygens (including phenoxy) is 1. The number of rotatable bonds is 5. The van der Waals surface area contributed by atoms with Gasteiger partial charge in [0.05, 0.1) is 6.10 Å². The van der Waals surface area contributed by atoms with Crippen molar-refractivity contribution < 1.29 is 19.4 Å². The lowest BCUT2D eigenvalue weighted by molar-refractivity contribution is -0.151. The van der Waals surface area contributed by atoms with Crippen LogP contribution in [-0.4, -0.2) is 29.1 Å². The third kappa shape index (κ3) is 3.74. The molecule has 0 unspecified atom stereocenters. The highest BCUT2D eigenvalue weighted by atomic mass is 16.5. The predicted molar refractivity (Wildman–Crippen MR) is 93.2 cm³/mol. The quantitative estimate of drug-likeness (QED) is 0.617. The third-order valence-electron chi connectivity index (χ3n) is 5.77. The highest BCUT2D eigenvalue weighted by Gasteiger charge is 2.54. The van der Waals surface area contributed by atoms with Crippen LogP contribution in [0.25, 0.3) is 0 Å². The van der Waals surface area contributed by atoms with Crippen molar-refractivity contribution in [3.63, 3.8) is 0 Å². The van der Waals surface area contributed by atoms with E-state index in [9.17, 15) is 14.7 Å². The van der Waals surface area contributed by atoms with Crippen LogP contribution in [0.2, 0.25) is 0 Å². The average Bonchev–Trinajstić information content (AvgIpc) is 2.78. The van der Waals surface area contributed by atoms with Crippen molar-refractivity contribution in [1.82, 2.24) is 0 Å². The molecule has 0 aliphatic heterocycles. The highest BCUT2D eigenvalue weighted by Crippen LogP contribution is 2.53. The van der Waals surface area contributed by atoms with E-state index < -0.39 is 6.10 Å². The molecule has 1 N–H and O–H groups in total. The maximum absolute atomic E-state index is 12.5. The van der Waals surface area contributed by atoms with Gasteiger partial charge in [0, 0.05) is 18.8 Å². The second-order valence-electron chi connectivity index (χ2n) is 8.42. The summed E-state index contributed by atoms with van der Waals surface area (Å²) in [6.45, 7) is 14.2. The second-order valence-corrected chi connectivity index (χ2v) is 8.42. The van der Waals surface area contributed by atoms with Gasteiger partial charge in [-0.2, -0.15) is 0 Å². The van der Waals surface area contributed by atoms with Crippen molar-refractivity contribution in [2.45, 2.75) is 66.1 Å². The number of fused-ring (bicyclic) bond motifs is 1. The van der Waals surface area contributed by atoms with E-state index in [-0.39, 0.29) is 47.4 Å². The normalized spacial score (nSPS) is 34.6. The van der Waals surface area contributed by atoms with Crippen LogP contribution >= 0.6 is 0 Å². The zero-order valence-electron chi connectivity index (χ0n) is 15.6. The van der Waals surface area contributed by atoms with Crippen LogP contribution in [0.5, 0.6) is 0 Å². The standard InChI is InChI=1S/C20H32O4/c1-10(2)7-18(23)24-17-9-14(11(3)4)20-15(12(17)5)8-16(22)19(20)13(6)21/h10-11,13-15,17,19-21H,5,7-9H2,1-4,6H3/t13-,14+,15+,17-,19+,20+/m1/s1. The molecule has 0 amide bonds. The molecule has 0 radical (unpaired) electrons. The van der Waals surface area contributed by atoms with Crippen molar-refractivity contribution >= 4 is 11.8 Å². The molecule has 24 heavy (non-hydrogen) atoms. The summed E-state index contributed by atoms with van der Waals surface area (Å²) in [5.41, 5.74) is 0.866. The number of Topliss-reactive ketones (excluding diaryl/α,β-unsaturated/α-hetero) is 1. The van der Waals surface area contributed by atoms with Crippen LogP contribution in [-0.2, 0) is 14.3 Å². The second kappa shape index (κ2) is 7.38. The van der Waals surface area contributed by atoms with E-state index >= 15 is 0 Å². The minimum absolute atomic E-state index is 0.0232. The minimum Gasteiger partial charge on any atom is -0.458 e. The van der Waals surface area contributed by atoms with Gasteiger partial charge in [-0.3, -0.25) is 9.59 Å². The summed E-state index contributed by atoms with van der Waals surface area (Å²) in [4.78, 5) is 24.6. The molecular formula is C20H32O4. The predicted octanol–water partition coefficient (Wildman–Crippen LogP) is 3.38. The number of carbonyl (C=O) groups excluding carboxylic acids is 2. The Morgan fingerprint density at radius 1 is 1.29 bits per heavy atom. The molecule has 2 aliphatic rings. The highest BCUT2D eigenvalue weighted by molar-refractivity contribution is 5.85. The molecule has 4 heteroatoms. The van der Waals surface area contributed by atoms with E-state index in [1.165, 1.54) is 0 Å². The lowest BCUT2D eigenvalue weighted by Crippen LogP contribution is -2.43. The molecular weight excluding hydrogens is 304 g/mol. The Balaban J connectivity index is 2.22. The molecule has 2 saturated carbocycles. The van der Waals surface area contributed by atoms with Gasteiger partial charge in [-0.05, 0) is 48.5 Å². The van der Waals surface area contributed by atoms with Gasteiger partial charge >= 0.3 is 5.97 Å². The molecule has 0 aromatic carbocycles. The monoisotopic (exact) mass is 336 g/mol. The van der Waals surface area contributed by atoms with Gasteiger partial charge in [0.25, 0.3) is 0 Å². The number of hydrogen-bond donors (Lipinski definition) is 1. The number of aliphatic hydroxyl groups excluding tert-OH is 1. The average molecular weight is 336 g/mol. The first-order chi connectivity index (χ1) is 11.1. The Morgan fingerprint density at radius 2 is 1.92 bits per heavy atom. The van der Waals surface area contributed by atoms with E-state index in [2.05, 4.69) is 20.4 Å². The maximum Gasteiger partial charge on any atom is 0.306 e. The van der Waals surface area contributed by atoms with Gasteiger partial charge in [0.1, 0.15) is 11.9 Å². The fourth-order valence-corrected chi connectivity index (χ4v) is 4.66. The third-order valence-corrected chi connectivity index (χ3v) is 5.77. The molecule has 0 bridgehead atoms. The Morgan fingerprint density at radius 3 is 2.42 bits per heavy atom. The van der Waals surface area contributed by atoms with Crippen molar-refractivity contribution in [3.05, 3.63) is 12.2 Å². The van der Waals surface area contributed by atoms with E-state index in [4.69, 9.17) is 4.74 Å². The summed E-state index contributed by atoms with van der Waals surface area (Å²) in [6, 6.07) is 0. The Hall–Kier alpha value is -1.16. The molecule has 0 saturated heterocycles. The van der Waals surface area contributed by atoms with E-state index in [0.29, 0.717) is 25.2 Å². The minimum atomic E-state index is -0.637. The molecule has 2 fully saturated rings. The first-order valence-electron chi connectivity index (χ1n) is 9.22. The molecule has 2 rings (SSSR count). The van der Waals surface area contributed by atoms with Crippen LogP contribution in [0.3, 0.4) is 0 Å². The van der Waals surface area contributed by atoms with Gasteiger partial charge in [0.15, 0.2) is 0 Å². The molecule has 0 heterocycles. The van der Waals surface area contributed by atoms with Crippen LogP contribution in [0.4, 0.5) is 0 Å². The summed E-state index contributed by atoms with van der Waals surface area (Å²) >= 11 is 0. The summed E-state index contributed by atoms with van der Waals surface area (Å²) in [5, 5.41) is 10.1. The summed E-state index contributed by atoms with van der Waals surface area (Å²) in [5.74, 6) is 0.643. The van der Waals surface area contributed by atoms with Gasteiger partial charge in [-0.25, -0.2) is 0 Å². The van der Waals surface area contributed by atoms with Gasteiger partial charge in [-0.1, -0.05) is 34.3 Å². The molecule has 0 aromatic rings. The Labute approximate surface area is 145 Å². The van der Waals surface area contributed by atoms with Gasteiger partial charge in [-0.15, -0.1) is 0 Å². The van der Waals surface area contributed by atoms with E-state index in [0.717, 1.165) is 5.57 Å². The topological polar surface area (TPSA) is 63.6 Å². The molecule has 2 aliphatic carbocycles. The fraction of sp³-hybridized carbons (Fsp3) is 0.800. The Bertz CT molecular complexity index is 506. The number of aliphatic hydroxyl groups is 1. The van der Waals surface area contributed by atoms with Gasteiger partial charge < -0.3 is 9.84 Å². The summed E-state index contributed by atoms with van der Waals surface area (Å²) < 4.78 is 5.72. The number of hydrogen-bond acceptors (Lipinski definition) is 4. The zero-order valence-corrected chi connectivity index (χ0v) is 15.6. The number of ketones is 1. The van der Waals surface area contributed by atoms with Crippen molar-refractivity contribution in [2.24, 2.45) is 35.5 Å².